The van der Waals surface area contributed by atoms with Gasteiger partial charge in [-0.05, 0) is 13.3 Å². The lowest BCUT2D eigenvalue weighted by Gasteiger charge is -2.26. The second-order valence-electron chi connectivity index (χ2n) is 4.12. The van der Waals surface area contributed by atoms with E-state index in [1.165, 1.54) is 4.90 Å². The van der Waals surface area contributed by atoms with Gasteiger partial charge in [-0.15, -0.1) is 0 Å². The molecule has 1 amide bonds. The van der Waals surface area contributed by atoms with Crippen molar-refractivity contribution in [2.75, 3.05) is 31.3 Å². The number of carboxylic acid groups (broad SMARTS) is 1. The second kappa shape index (κ2) is 6.14. The van der Waals surface area contributed by atoms with E-state index < -0.39 is 22.4 Å². The minimum absolute atomic E-state index is 0.0223. The van der Waals surface area contributed by atoms with Gasteiger partial charge in [-0.3, -0.25) is 4.79 Å². The summed E-state index contributed by atoms with van der Waals surface area (Å²) in [6.07, 6.45) is 0.431. The highest BCUT2D eigenvalue weighted by molar-refractivity contribution is 7.91. The largest absolute Gasteiger partial charge is 0.480 e. The summed E-state index contributed by atoms with van der Waals surface area (Å²) in [6.45, 7) is 1.26. The van der Waals surface area contributed by atoms with Crippen LogP contribution < -0.4 is 0 Å². The molecule has 1 atom stereocenters. The van der Waals surface area contributed by atoms with Crippen LogP contribution in [0.15, 0.2) is 0 Å². The number of carbonyl (C=O) groups is 2. The van der Waals surface area contributed by atoms with Crippen LogP contribution in [-0.2, 0) is 24.2 Å². The van der Waals surface area contributed by atoms with Crippen LogP contribution in [0.5, 0.6) is 0 Å². The zero-order chi connectivity index (χ0) is 13.8. The van der Waals surface area contributed by atoms with E-state index in [0.717, 1.165) is 0 Å². The molecule has 1 saturated heterocycles. The molecule has 7 nitrogen and oxygen atoms in total. The van der Waals surface area contributed by atoms with Gasteiger partial charge in [-0.1, -0.05) is 0 Å². The first-order chi connectivity index (χ1) is 8.35. The second-order valence-corrected chi connectivity index (χ2v) is 6.35. The topological polar surface area (TPSA) is 101 Å². The number of hydrogen-bond donors (Lipinski definition) is 1. The Hall–Kier alpha value is -1.15. The van der Waals surface area contributed by atoms with Gasteiger partial charge in [0.05, 0.1) is 11.5 Å². The molecule has 1 fully saturated rings. The van der Waals surface area contributed by atoms with Crippen molar-refractivity contribution in [1.29, 1.82) is 0 Å². The van der Waals surface area contributed by atoms with Crippen LogP contribution >= 0.6 is 0 Å². The third-order valence-corrected chi connectivity index (χ3v) is 4.51. The van der Waals surface area contributed by atoms with E-state index >= 15 is 0 Å². The fourth-order valence-electron chi connectivity index (χ4n) is 1.97. The van der Waals surface area contributed by atoms with Gasteiger partial charge in [0.2, 0.25) is 5.91 Å². The summed E-state index contributed by atoms with van der Waals surface area (Å²) in [4.78, 5) is 23.4. The normalized spacial score (nSPS) is 21.7. The van der Waals surface area contributed by atoms with Gasteiger partial charge in [-0.2, -0.15) is 0 Å². The Balaban J connectivity index is 2.50. The zero-order valence-corrected chi connectivity index (χ0v) is 11.0. The molecule has 0 aromatic heterocycles. The molecule has 0 spiro atoms. The third-order valence-electron chi connectivity index (χ3n) is 2.76. The molecule has 0 aromatic carbocycles. The summed E-state index contributed by atoms with van der Waals surface area (Å²) in [5.41, 5.74) is 0. The molecule has 1 aliphatic heterocycles. The fourth-order valence-corrected chi connectivity index (χ4v) is 3.70. The summed E-state index contributed by atoms with van der Waals surface area (Å²) in [7, 11) is -3.05. The Morgan fingerprint density at radius 2 is 2.06 bits per heavy atom. The number of ether oxygens (including phenoxy) is 1. The molecule has 18 heavy (non-hydrogen) atoms. The molecule has 1 aliphatic rings. The van der Waals surface area contributed by atoms with Crippen molar-refractivity contribution < 1.29 is 27.9 Å². The molecule has 0 radical (unpaired) electrons. The minimum atomic E-state index is -3.05. The molecule has 1 rings (SSSR count). The summed E-state index contributed by atoms with van der Waals surface area (Å²) in [5.74, 6) is -1.45. The zero-order valence-electron chi connectivity index (χ0n) is 10.2. The van der Waals surface area contributed by atoms with E-state index in [0.29, 0.717) is 13.0 Å². The first-order valence-corrected chi connectivity index (χ1v) is 7.47. The Morgan fingerprint density at radius 1 is 1.39 bits per heavy atom. The van der Waals surface area contributed by atoms with E-state index in [2.05, 4.69) is 0 Å². The van der Waals surface area contributed by atoms with Gasteiger partial charge in [0, 0.05) is 12.6 Å². The maximum Gasteiger partial charge on any atom is 0.329 e. The molecule has 0 aromatic rings. The average molecular weight is 279 g/mol. The lowest BCUT2D eigenvalue weighted by molar-refractivity contribution is -0.146. The number of amides is 1. The molecule has 8 heteroatoms. The van der Waals surface area contributed by atoms with E-state index in [1.54, 1.807) is 6.92 Å². The average Bonchev–Trinajstić information content (AvgIpc) is 2.59. The van der Waals surface area contributed by atoms with Crippen molar-refractivity contribution in [2.24, 2.45) is 0 Å². The SMILES string of the molecule is CCN(C(=O)COCC(=O)O)C1CCS(=O)(=O)C1. The summed E-state index contributed by atoms with van der Waals surface area (Å²) >= 11 is 0. The van der Waals surface area contributed by atoms with E-state index in [1.807, 2.05) is 0 Å². The monoisotopic (exact) mass is 279 g/mol. The van der Waals surface area contributed by atoms with Gasteiger partial charge >= 0.3 is 5.97 Å². The molecule has 104 valence electrons. The molecular weight excluding hydrogens is 262 g/mol. The first kappa shape index (κ1) is 14.9. The molecule has 0 bridgehead atoms. The number of hydrogen-bond acceptors (Lipinski definition) is 5. The number of sulfone groups is 1. The molecule has 1 unspecified atom stereocenters. The van der Waals surface area contributed by atoms with Gasteiger partial charge in [0.15, 0.2) is 9.84 Å². The standard InChI is InChI=1S/C10H17NO6S/c1-2-11(8-3-4-18(15,16)7-8)9(12)5-17-6-10(13)14/h8H,2-7H2,1H3,(H,13,14). The lowest BCUT2D eigenvalue weighted by Crippen LogP contribution is -2.43. The predicted octanol–water partition coefficient (Wildman–Crippen LogP) is -0.877. The first-order valence-electron chi connectivity index (χ1n) is 5.65. The molecule has 0 saturated carbocycles. The summed E-state index contributed by atoms with van der Waals surface area (Å²) < 4.78 is 27.4. The highest BCUT2D eigenvalue weighted by atomic mass is 32.2. The van der Waals surface area contributed by atoms with Crippen LogP contribution in [0.25, 0.3) is 0 Å². The number of aliphatic carboxylic acids is 1. The highest BCUT2D eigenvalue weighted by Gasteiger charge is 2.33. The Morgan fingerprint density at radius 3 is 2.50 bits per heavy atom. The summed E-state index contributed by atoms with van der Waals surface area (Å²) in [6, 6.07) is -0.319. The van der Waals surface area contributed by atoms with Crippen LogP contribution in [-0.4, -0.2) is 67.6 Å². The van der Waals surface area contributed by atoms with Crippen LogP contribution in [0.2, 0.25) is 0 Å². The molecule has 1 heterocycles. The van der Waals surface area contributed by atoms with Crippen LogP contribution in [0.4, 0.5) is 0 Å². The van der Waals surface area contributed by atoms with Gasteiger partial charge < -0.3 is 14.7 Å². The fraction of sp³-hybridized carbons (Fsp3) is 0.800. The third kappa shape index (κ3) is 4.26. The lowest BCUT2D eigenvalue weighted by atomic mass is 10.2. The van der Waals surface area contributed by atoms with Gasteiger partial charge in [-0.25, -0.2) is 13.2 Å². The van der Waals surface area contributed by atoms with Crippen molar-refractivity contribution in [3.8, 4) is 0 Å². The van der Waals surface area contributed by atoms with Crippen molar-refractivity contribution >= 4 is 21.7 Å². The summed E-state index contributed by atoms with van der Waals surface area (Å²) in [5, 5.41) is 8.37. The van der Waals surface area contributed by atoms with Crippen LogP contribution in [0, 0.1) is 0 Å². The van der Waals surface area contributed by atoms with Gasteiger partial charge in [0.25, 0.3) is 0 Å². The van der Waals surface area contributed by atoms with Gasteiger partial charge in [0.1, 0.15) is 13.2 Å². The number of nitrogens with zero attached hydrogens (tertiary/aromatic N) is 1. The highest BCUT2D eigenvalue weighted by Crippen LogP contribution is 2.17. The van der Waals surface area contributed by atoms with Crippen molar-refractivity contribution in [3.63, 3.8) is 0 Å². The number of likely N-dealkylation sites (N-methyl/N-ethyl adjacent to an activating group) is 1. The van der Waals surface area contributed by atoms with E-state index in [-0.39, 0.29) is 30.1 Å². The van der Waals surface area contributed by atoms with E-state index in [4.69, 9.17) is 9.84 Å². The Kier molecular flexibility index (Phi) is 5.09. The van der Waals surface area contributed by atoms with E-state index in [9.17, 15) is 18.0 Å². The van der Waals surface area contributed by atoms with Crippen LogP contribution in [0.1, 0.15) is 13.3 Å². The number of rotatable bonds is 6. The predicted molar refractivity (Wildman–Crippen MR) is 62.9 cm³/mol. The quantitative estimate of drug-likeness (QED) is 0.678. The Labute approximate surface area is 106 Å². The number of carbonyl (C=O) groups excluding carboxylic acids is 1. The molecule has 1 N–H and O–H groups in total. The smallest absolute Gasteiger partial charge is 0.329 e. The van der Waals surface area contributed by atoms with Crippen LogP contribution in [0.3, 0.4) is 0 Å². The Bertz CT molecular complexity index is 418. The van der Waals surface area contributed by atoms with Crippen molar-refractivity contribution in [1.82, 2.24) is 4.90 Å². The molecular formula is C10H17NO6S. The van der Waals surface area contributed by atoms with Crippen molar-refractivity contribution in [2.45, 2.75) is 19.4 Å². The molecule has 0 aliphatic carbocycles. The maximum absolute atomic E-state index is 11.8. The minimum Gasteiger partial charge on any atom is -0.480 e. The maximum atomic E-state index is 11.8. The number of carboxylic acids is 1. The van der Waals surface area contributed by atoms with Crippen molar-refractivity contribution in [3.05, 3.63) is 0 Å².